The van der Waals surface area contributed by atoms with Crippen molar-refractivity contribution in [3.05, 3.63) is 34.3 Å². The Balaban J connectivity index is 3.41. The van der Waals surface area contributed by atoms with Crippen molar-refractivity contribution in [3.63, 3.8) is 0 Å². The van der Waals surface area contributed by atoms with Crippen molar-refractivity contribution in [1.82, 2.24) is 0 Å². The second kappa shape index (κ2) is 4.16. The predicted octanol–water partition coefficient (Wildman–Crippen LogP) is 4.10. The zero-order chi connectivity index (χ0) is 11.6. The minimum Gasteiger partial charge on any atom is -0.166 e. The molecule has 1 rings (SSSR count). The van der Waals surface area contributed by atoms with Crippen LogP contribution in [-0.4, -0.2) is 0 Å². The van der Waals surface area contributed by atoms with Gasteiger partial charge in [0.15, 0.2) is 0 Å². The Morgan fingerprint density at radius 2 is 2.00 bits per heavy atom. The van der Waals surface area contributed by atoms with Gasteiger partial charge >= 0.3 is 6.18 Å². The summed E-state index contributed by atoms with van der Waals surface area (Å²) >= 11 is 5.71. The lowest BCUT2D eigenvalue weighted by Crippen LogP contribution is -2.10. The highest BCUT2D eigenvalue weighted by atomic mass is 35.5. The van der Waals surface area contributed by atoms with Gasteiger partial charge in [0.05, 0.1) is 5.56 Å². The van der Waals surface area contributed by atoms with E-state index in [-0.39, 0.29) is 10.6 Å². The minimum absolute atomic E-state index is 0.0332. The number of halogens is 4. The van der Waals surface area contributed by atoms with Gasteiger partial charge in [0.2, 0.25) is 0 Å². The van der Waals surface area contributed by atoms with Gasteiger partial charge in [0, 0.05) is 10.9 Å². The smallest absolute Gasteiger partial charge is 0.166 e. The first-order chi connectivity index (χ1) is 6.88. The van der Waals surface area contributed by atoms with E-state index in [1.165, 1.54) is 19.1 Å². The number of rotatable bonds is 1. The van der Waals surface area contributed by atoms with Gasteiger partial charge in [0.25, 0.3) is 0 Å². The fourth-order valence-corrected chi connectivity index (χ4v) is 1.65. The summed E-state index contributed by atoms with van der Waals surface area (Å²) in [6.45, 7) is 1.51. The fourth-order valence-electron chi connectivity index (χ4n) is 1.31. The molecule has 1 aromatic rings. The van der Waals surface area contributed by atoms with Gasteiger partial charge in [-0.15, -0.1) is 6.42 Å². The number of alkyl halides is 3. The molecule has 0 heterocycles. The third-order valence-corrected chi connectivity index (χ3v) is 2.37. The van der Waals surface area contributed by atoms with Crippen LogP contribution in [0.5, 0.6) is 0 Å². The van der Waals surface area contributed by atoms with Crippen molar-refractivity contribution < 1.29 is 13.2 Å². The van der Waals surface area contributed by atoms with E-state index in [0.29, 0.717) is 0 Å². The average Bonchev–Trinajstić information content (AvgIpc) is 2.15. The highest BCUT2D eigenvalue weighted by Crippen LogP contribution is 2.38. The summed E-state index contributed by atoms with van der Waals surface area (Å²) in [7, 11) is 0. The van der Waals surface area contributed by atoms with Gasteiger partial charge < -0.3 is 0 Å². The van der Waals surface area contributed by atoms with Crippen molar-refractivity contribution in [2.24, 2.45) is 0 Å². The Labute approximate surface area is 91.1 Å². The molecule has 80 valence electrons. The van der Waals surface area contributed by atoms with Crippen LogP contribution in [0, 0.1) is 12.3 Å². The molecular formula is C11H8ClF3. The summed E-state index contributed by atoms with van der Waals surface area (Å²) in [5.74, 6) is 1.59. The van der Waals surface area contributed by atoms with E-state index in [1.54, 1.807) is 0 Å². The molecule has 0 bridgehead atoms. The van der Waals surface area contributed by atoms with E-state index < -0.39 is 17.7 Å². The van der Waals surface area contributed by atoms with Gasteiger partial charge in [-0.1, -0.05) is 23.6 Å². The lowest BCUT2D eigenvalue weighted by atomic mass is 9.96. The van der Waals surface area contributed by atoms with Crippen molar-refractivity contribution >= 4 is 11.6 Å². The van der Waals surface area contributed by atoms with Gasteiger partial charge in [-0.25, -0.2) is 0 Å². The van der Waals surface area contributed by atoms with Crippen molar-refractivity contribution in [2.45, 2.75) is 19.0 Å². The van der Waals surface area contributed by atoms with Crippen molar-refractivity contribution in [1.29, 1.82) is 0 Å². The van der Waals surface area contributed by atoms with Crippen LogP contribution in [0.15, 0.2) is 18.2 Å². The molecule has 15 heavy (non-hydrogen) atoms. The molecule has 0 nitrogen and oxygen atoms in total. The monoisotopic (exact) mass is 232 g/mol. The molecule has 1 aromatic carbocycles. The molecule has 0 N–H and O–H groups in total. The van der Waals surface area contributed by atoms with E-state index >= 15 is 0 Å². The Morgan fingerprint density at radius 1 is 1.40 bits per heavy atom. The zero-order valence-electron chi connectivity index (χ0n) is 7.90. The highest BCUT2D eigenvalue weighted by Gasteiger charge is 2.35. The third-order valence-electron chi connectivity index (χ3n) is 2.04. The molecule has 4 heteroatoms. The quantitative estimate of drug-likeness (QED) is 0.640. The Kier molecular flexibility index (Phi) is 3.31. The molecule has 0 aliphatic heterocycles. The fraction of sp³-hybridized carbons (Fsp3) is 0.273. The summed E-state index contributed by atoms with van der Waals surface area (Å²) in [6.07, 6.45) is 0.684. The normalized spacial score (nSPS) is 13.3. The molecular weight excluding hydrogens is 225 g/mol. The number of terminal acetylenes is 1. The SMILES string of the molecule is C#CC(C)c1c(Cl)cccc1C(F)(F)F. The van der Waals surface area contributed by atoms with Crippen LogP contribution in [0.4, 0.5) is 13.2 Å². The second-order valence-corrected chi connectivity index (χ2v) is 3.49. The molecule has 0 aliphatic carbocycles. The lowest BCUT2D eigenvalue weighted by molar-refractivity contribution is -0.138. The molecule has 0 fully saturated rings. The maximum Gasteiger partial charge on any atom is 0.416 e. The second-order valence-electron chi connectivity index (χ2n) is 3.09. The topological polar surface area (TPSA) is 0 Å². The maximum atomic E-state index is 12.6. The maximum absolute atomic E-state index is 12.6. The molecule has 0 saturated carbocycles. The van der Waals surface area contributed by atoms with Gasteiger partial charge in [-0.3, -0.25) is 0 Å². The van der Waals surface area contributed by atoms with Crippen LogP contribution >= 0.6 is 11.6 Å². The first-order valence-corrected chi connectivity index (χ1v) is 4.57. The largest absolute Gasteiger partial charge is 0.416 e. The van der Waals surface area contributed by atoms with Crippen LogP contribution < -0.4 is 0 Å². The molecule has 0 saturated heterocycles. The summed E-state index contributed by atoms with van der Waals surface area (Å²) < 4.78 is 37.8. The average molecular weight is 233 g/mol. The lowest BCUT2D eigenvalue weighted by Gasteiger charge is -2.16. The Morgan fingerprint density at radius 3 is 2.47 bits per heavy atom. The van der Waals surface area contributed by atoms with Crippen LogP contribution in [0.3, 0.4) is 0 Å². The standard InChI is InChI=1S/C11H8ClF3/c1-3-7(2)10-8(11(13,14)15)5-4-6-9(10)12/h1,4-7H,2H3. The van der Waals surface area contributed by atoms with Crippen LogP contribution in [0.2, 0.25) is 5.02 Å². The molecule has 0 amide bonds. The van der Waals surface area contributed by atoms with Gasteiger partial charge in [0.1, 0.15) is 0 Å². The predicted molar refractivity (Wildman–Crippen MR) is 53.7 cm³/mol. The molecule has 0 spiro atoms. The van der Waals surface area contributed by atoms with Crippen molar-refractivity contribution in [2.75, 3.05) is 0 Å². The summed E-state index contributed by atoms with van der Waals surface area (Å²) in [5, 5.41) is 0.0512. The van der Waals surface area contributed by atoms with Gasteiger partial charge in [-0.2, -0.15) is 13.2 Å². The number of hydrogen-bond donors (Lipinski definition) is 0. The van der Waals surface area contributed by atoms with Crippen LogP contribution in [0.1, 0.15) is 24.0 Å². The van der Waals surface area contributed by atoms with Gasteiger partial charge in [-0.05, 0) is 24.6 Å². The van der Waals surface area contributed by atoms with Crippen molar-refractivity contribution in [3.8, 4) is 12.3 Å². The Hall–Kier alpha value is -1.14. The summed E-state index contributed by atoms with van der Waals surface area (Å²) in [5.41, 5.74) is -0.797. The van der Waals surface area contributed by atoms with E-state index in [0.717, 1.165) is 6.07 Å². The molecule has 1 atom stereocenters. The third kappa shape index (κ3) is 2.45. The van der Waals surface area contributed by atoms with Crippen LogP contribution in [0.25, 0.3) is 0 Å². The zero-order valence-corrected chi connectivity index (χ0v) is 8.65. The summed E-state index contributed by atoms with van der Waals surface area (Å²) in [6, 6.07) is 3.65. The van der Waals surface area contributed by atoms with E-state index in [1.807, 2.05) is 0 Å². The first kappa shape index (κ1) is 11.9. The van der Waals surface area contributed by atoms with Crippen LogP contribution in [-0.2, 0) is 6.18 Å². The van der Waals surface area contributed by atoms with E-state index in [2.05, 4.69) is 5.92 Å². The molecule has 0 aliphatic rings. The van der Waals surface area contributed by atoms with E-state index in [9.17, 15) is 13.2 Å². The number of benzene rings is 1. The minimum atomic E-state index is -4.43. The molecule has 0 radical (unpaired) electrons. The number of hydrogen-bond acceptors (Lipinski definition) is 0. The highest BCUT2D eigenvalue weighted by molar-refractivity contribution is 6.31. The molecule has 1 unspecified atom stereocenters. The molecule has 0 aromatic heterocycles. The van der Waals surface area contributed by atoms with E-state index in [4.69, 9.17) is 18.0 Å². The first-order valence-electron chi connectivity index (χ1n) is 4.19. The summed E-state index contributed by atoms with van der Waals surface area (Å²) in [4.78, 5) is 0. The Bertz CT molecular complexity index is 401.